The smallest absolute Gasteiger partial charge is 0.258 e. The molecule has 0 spiro atoms. The highest BCUT2D eigenvalue weighted by molar-refractivity contribution is 6.44. The number of halogens is 2. The van der Waals surface area contributed by atoms with E-state index in [-0.39, 0.29) is 10.9 Å². The molecule has 0 aliphatic rings. The molecule has 0 bridgehead atoms. The Balaban J connectivity index is 2.23. The van der Waals surface area contributed by atoms with Gasteiger partial charge in [0.2, 0.25) is 0 Å². The van der Waals surface area contributed by atoms with Gasteiger partial charge in [-0.15, -0.1) is 0 Å². The number of nitrogens with one attached hydrogen (secondary N) is 1. The summed E-state index contributed by atoms with van der Waals surface area (Å²) in [5, 5.41) is 7.26. The van der Waals surface area contributed by atoms with E-state index >= 15 is 0 Å². The highest BCUT2D eigenvalue weighted by atomic mass is 35.5. The van der Waals surface area contributed by atoms with Crippen molar-refractivity contribution in [1.82, 2.24) is 9.78 Å². The molecule has 0 saturated heterocycles. The van der Waals surface area contributed by atoms with Crippen LogP contribution in [-0.2, 0) is 7.05 Å². The molecular formula is C11H9Cl2N3O. The van der Waals surface area contributed by atoms with Crippen LogP contribution in [0.25, 0.3) is 0 Å². The van der Waals surface area contributed by atoms with Gasteiger partial charge in [0.1, 0.15) is 0 Å². The molecule has 0 radical (unpaired) electrons. The Morgan fingerprint density at radius 1 is 1.35 bits per heavy atom. The number of aromatic nitrogens is 2. The molecule has 0 aliphatic heterocycles. The average Bonchev–Trinajstić information content (AvgIpc) is 2.68. The predicted molar refractivity (Wildman–Crippen MR) is 67.6 cm³/mol. The van der Waals surface area contributed by atoms with Gasteiger partial charge in [-0.25, -0.2) is 0 Å². The molecule has 0 fully saturated rings. The standard InChI is InChI=1S/C11H9Cl2N3O/c1-16-6-5-9(15-16)14-11(17)7-3-2-4-8(12)10(7)13/h2-6H,1H3,(H,14,15,17). The first-order chi connectivity index (χ1) is 8.08. The van der Waals surface area contributed by atoms with Gasteiger partial charge in [-0.2, -0.15) is 5.10 Å². The zero-order valence-electron chi connectivity index (χ0n) is 8.95. The van der Waals surface area contributed by atoms with E-state index in [9.17, 15) is 4.79 Å². The van der Waals surface area contributed by atoms with Crippen molar-refractivity contribution in [2.24, 2.45) is 7.05 Å². The summed E-state index contributed by atoms with van der Waals surface area (Å²) in [6.45, 7) is 0. The van der Waals surface area contributed by atoms with E-state index in [0.717, 1.165) is 0 Å². The Bertz CT molecular complexity index is 566. The Morgan fingerprint density at radius 2 is 2.12 bits per heavy atom. The Kier molecular flexibility index (Phi) is 3.36. The third-order valence-electron chi connectivity index (χ3n) is 2.15. The largest absolute Gasteiger partial charge is 0.305 e. The Morgan fingerprint density at radius 3 is 2.76 bits per heavy atom. The molecule has 2 rings (SSSR count). The van der Waals surface area contributed by atoms with Crippen molar-refractivity contribution in [2.45, 2.75) is 0 Å². The number of carbonyl (C=O) groups excluding carboxylic acids is 1. The molecule has 6 heteroatoms. The van der Waals surface area contributed by atoms with Gasteiger partial charge in [0, 0.05) is 19.3 Å². The maximum Gasteiger partial charge on any atom is 0.258 e. The van der Waals surface area contributed by atoms with Crippen molar-refractivity contribution in [2.75, 3.05) is 5.32 Å². The molecule has 88 valence electrons. The number of amides is 1. The van der Waals surface area contributed by atoms with E-state index in [4.69, 9.17) is 23.2 Å². The lowest BCUT2D eigenvalue weighted by Gasteiger charge is -2.05. The van der Waals surface area contributed by atoms with E-state index in [1.807, 2.05) is 0 Å². The fraction of sp³-hybridized carbons (Fsp3) is 0.0909. The van der Waals surface area contributed by atoms with Crippen LogP contribution in [0.15, 0.2) is 30.5 Å². The summed E-state index contributed by atoms with van der Waals surface area (Å²) in [7, 11) is 1.77. The van der Waals surface area contributed by atoms with Crippen molar-refractivity contribution in [3.63, 3.8) is 0 Å². The van der Waals surface area contributed by atoms with E-state index < -0.39 is 0 Å². The lowest BCUT2D eigenvalue weighted by molar-refractivity contribution is 0.102. The van der Waals surface area contributed by atoms with Crippen LogP contribution in [0.1, 0.15) is 10.4 Å². The van der Waals surface area contributed by atoms with Gasteiger partial charge in [-0.1, -0.05) is 29.3 Å². The van der Waals surface area contributed by atoms with Gasteiger partial charge in [-0.3, -0.25) is 9.48 Å². The van der Waals surface area contributed by atoms with Crippen LogP contribution in [0, 0.1) is 0 Å². The number of hydrogen-bond acceptors (Lipinski definition) is 2. The molecule has 1 aromatic heterocycles. The first kappa shape index (κ1) is 12.0. The summed E-state index contributed by atoms with van der Waals surface area (Å²) in [6.07, 6.45) is 1.73. The van der Waals surface area contributed by atoms with Crippen LogP contribution in [0.2, 0.25) is 10.0 Å². The maximum atomic E-state index is 11.9. The second-order valence-corrected chi connectivity index (χ2v) is 4.22. The predicted octanol–water partition coefficient (Wildman–Crippen LogP) is 2.98. The molecule has 4 nitrogen and oxygen atoms in total. The third-order valence-corrected chi connectivity index (χ3v) is 2.97. The second kappa shape index (κ2) is 4.77. The van der Waals surface area contributed by atoms with Crippen molar-refractivity contribution >= 4 is 34.9 Å². The summed E-state index contributed by atoms with van der Waals surface area (Å²) in [4.78, 5) is 11.9. The van der Waals surface area contributed by atoms with Crippen LogP contribution < -0.4 is 5.32 Å². The zero-order valence-corrected chi connectivity index (χ0v) is 10.5. The summed E-state index contributed by atoms with van der Waals surface area (Å²) in [6, 6.07) is 6.59. The average molecular weight is 270 g/mol. The minimum Gasteiger partial charge on any atom is -0.305 e. The number of aryl methyl sites for hydroxylation is 1. The van der Waals surface area contributed by atoms with Crippen molar-refractivity contribution < 1.29 is 4.79 Å². The van der Waals surface area contributed by atoms with Crippen LogP contribution in [-0.4, -0.2) is 15.7 Å². The van der Waals surface area contributed by atoms with Gasteiger partial charge in [0.15, 0.2) is 5.82 Å². The van der Waals surface area contributed by atoms with Crippen LogP contribution in [0.3, 0.4) is 0 Å². The highest BCUT2D eigenvalue weighted by Gasteiger charge is 2.13. The van der Waals surface area contributed by atoms with Crippen molar-refractivity contribution in [3.05, 3.63) is 46.1 Å². The number of nitrogens with zero attached hydrogens (tertiary/aromatic N) is 2. The lowest BCUT2D eigenvalue weighted by Crippen LogP contribution is -2.13. The quantitative estimate of drug-likeness (QED) is 0.911. The van der Waals surface area contributed by atoms with Crippen LogP contribution in [0.4, 0.5) is 5.82 Å². The number of carbonyl (C=O) groups is 1. The van der Waals surface area contributed by atoms with Crippen LogP contribution in [0.5, 0.6) is 0 Å². The number of anilines is 1. The molecule has 0 saturated carbocycles. The third kappa shape index (κ3) is 2.60. The van der Waals surface area contributed by atoms with E-state index in [1.54, 1.807) is 42.2 Å². The van der Waals surface area contributed by atoms with Gasteiger partial charge in [0.05, 0.1) is 15.6 Å². The highest BCUT2D eigenvalue weighted by Crippen LogP contribution is 2.25. The van der Waals surface area contributed by atoms with Crippen molar-refractivity contribution in [1.29, 1.82) is 0 Å². The minimum atomic E-state index is -0.337. The summed E-state index contributed by atoms with van der Waals surface area (Å²) >= 11 is 11.8. The monoisotopic (exact) mass is 269 g/mol. The Labute approximate surface area is 108 Å². The molecule has 1 amide bonds. The minimum absolute atomic E-state index is 0.239. The van der Waals surface area contributed by atoms with Gasteiger partial charge in [0.25, 0.3) is 5.91 Å². The van der Waals surface area contributed by atoms with Gasteiger partial charge >= 0.3 is 0 Å². The van der Waals surface area contributed by atoms with Gasteiger partial charge in [-0.05, 0) is 12.1 Å². The molecule has 1 aromatic carbocycles. The number of rotatable bonds is 2. The topological polar surface area (TPSA) is 46.9 Å². The van der Waals surface area contributed by atoms with Crippen LogP contribution >= 0.6 is 23.2 Å². The first-order valence-electron chi connectivity index (χ1n) is 4.83. The molecule has 1 heterocycles. The Hall–Kier alpha value is -1.52. The molecule has 0 atom stereocenters. The van der Waals surface area contributed by atoms with Gasteiger partial charge < -0.3 is 5.32 Å². The lowest BCUT2D eigenvalue weighted by atomic mass is 10.2. The van der Waals surface area contributed by atoms with E-state index in [1.165, 1.54) is 0 Å². The number of benzene rings is 1. The summed E-state index contributed by atoms with van der Waals surface area (Å²) < 4.78 is 1.59. The molecular weight excluding hydrogens is 261 g/mol. The zero-order chi connectivity index (χ0) is 12.4. The first-order valence-corrected chi connectivity index (χ1v) is 5.58. The fourth-order valence-electron chi connectivity index (χ4n) is 1.34. The number of hydrogen-bond donors (Lipinski definition) is 1. The fourth-order valence-corrected chi connectivity index (χ4v) is 1.73. The maximum absolute atomic E-state index is 11.9. The second-order valence-electron chi connectivity index (χ2n) is 3.43. The molecule has 0 aliphatic carbocycles. The SMILES string of the molecule is Cn1ccc(NC(=O)c2cccc(Cl)c2Cl)n1. The summed E-state index contributed by atoms with van der Waals surface area (Å²) in [5.74, 6) is 0.129. The van der Waals surface area contributed by atoms with Crippen molar-refractivity contribution in [3.8, 4) is 0 Å². The molecule has 1 N–H and O–H groups in total. The summed E-state index contributed by atoms with van der Waals surface area (Å²) in [5.41, 5.74) is 0.324. The normalized spacial score (nSPS) is 10.3. The molecule has 0 unspecified atom stereocenters. The van der Waals surface area contributed by atoms with E-state index in [2.05, 4.69) is 10.4 Å². The van der Waals surface area contributed by atoms with E-state index in [0.29, 0.717) is 16.4 Å². The molecule has 2 aromatic rings. The molecule has 17 heavy (non-hydrogen) atoms.